The minimum absolute atomic E-state index is 0.821. The van der Waals surface area contributed by atoms with Gasteiger partial charge in [0.1, 0.15) is 0 Å². The van der Waals surface area contributed by atoms with Gasteiger partial charge in [-0.05, 0) is 79.5 Å². The first kappa shape index (κ1) is 15.3. The van der Waals surface area contributed by atoms with E-state index >= 15 is 0 Å². The molecule has 0 amide bonds. The molecule has 3 rings (SSSR count). The standard InChI is InChI=1S/C20H29P/c1-2-3-4-15-5-6-19-14-18(8-7-17(19)13-15)16-9-11-20(21)12-10-16/h2,9-12,15,17-19H,1,3-8,13-14,21H2. The third-order valence-electron chi connectivity index (χ3n) is 5.91. The minimum atomic E-state index is 0.821. The predicted molar refractivity (Wildman–Crippen MR) is 96.1 cm³/mol. The van der Waals surface area contributed by atoms with Gasteiger partial charge < -0.3 is 0 Å². The van der Waals surface area contributed by atoms with Crippen LogP contribution < -0.4 is 5.30 Å². The first-order valence-electron chi connectivity index (χ1n) is 8.72. The Kier molecular flexibility index (Phi) is 5.17. The molecule has 114 valence electrons. The molecule has 0 N–H and O–H groups in total. The molecule has 0 aromatic heterocycles. The number of hydrogen-bond donors (Lipinski definition) is 0. The molecule has 1 aromatic rings. The Bertz CT molecular complexity index is 461. The Balaban J connectivity index is 1.57. The minimum Gasteiger partial charge on any atom is -0.106 e. The molecule has 5 unspecified atom stereocenters. The second-order valence-electron chi connectivity index (χ2n) is 7.24. The topological polar surface area (TPSA) is 0 Å². The predicted octanol–water partition coefficient (Wildman–Crippen LogP) is 5.45. The molecule has 2 saturated carbocycles. The van der Waals surface area contributed by atoms with Gasteiger partial charge in [0.15, 0.2) is 0 Å². The van der Waals surface area contributed by atoms with Crippen LogP contribution in [-0.2, 0) is 0 Å². The molecule has 1 heteroatoms. The molecule has 2 fully saturated rings. The summed E-state index contributed by atoms with van der Waals surface area (Å²) in [6.45, 7) is 3.87. The maximum Gasteiger partial charge on any atom is -0.0159 e. The SMILES string of the molecule is C=CCCC1CCC2CC(c3ccc(P)cc3)CCC2C1. The third-order valence-corrected chi connectivity index (χ3v) is 6.29. The fourth-order valence-corrected chi connectivity index (χ4v) is 4.87. The van der Waals surface area contributed by atoms with Crippen LogP contribution in [0.15, 0.2) is 36.9 Å². The smallest absolute Gasteiger partial charge is 0.0159 e. The summed E-state index contributed by atoms with van der Waals surface area (Å²) in [6, 6.07) is 9.20. The normalized spacial score (nSPS) is 32.4. The third kappa shape index (κ3) is 3.78. The molecule has 0 spiro atoms. The first-order valence-corrected chi connectivity index (χ1v) is 9.30. The van der Waals surface area contributed by atoms with E-state index in [1.54, 1.807) is 5.56 Å². The maximum absolute atomic E-state index is 3.87. The molecule has 0 radical (unpaired) electrons. The highest BCUT2D eigenvalue weighted by molar-refractivity contribution is 7.27. The molecule has 5 atom stereocenters. The molecule has 2 aliphatic rings. The van der Waals surface area contributed by atoms with E-state index in [4.69, 9.17) is 0 Å². The van der Waals surface area contributed by atoms with Crippen LogP contribution in [0.25, 0.3) is 0 Å². The first-order chi connectivity index (χ1) is 10.3. The lowest BCUT2D eigenvalue weighted by Gasteiger charge is -2.42. The van der Waals surface area contributed by atoms with E-state index in [1.165, 1.54) is 56.7 Å². The summed E-state index contributed by atoms with van der Waals surface area (Å²) in [7, 11) is 2.79. The lowest BCUT2D eigenvalue weighted by molar-refractivity contribution is 0.115. The van der Waals surface area contributed by atoms with E-state index in [1.807, 2.05) is 0 Å². The number of rotatable bonds is 4. The summed E-state index contributed by atoms with van der Waals surface area (Å²) in [5, 5.41) is 1.30. The van der Waals surface area contributed by atoms with Gasteiger partial charge in [-0.2, -0.15) is 0 Å². The Morgan fingerprint density at radius 1 is 1.00 bits per heavy atom. The van der Waals surface area contributed by atoms with Crippen LogP contribution >= 0.6 is 9.24 Å². The molecule has 0 aliphatic heterocycles. The summed E-state index contributed by atoms with van der Waals surface area (Å²) >= 11 is 0. The van der Waals surface area contributed by atoms with E-state index in [-0.39, 0.29) is 0 Å². The van der Waals surface area contributed by atoms with E-state index in [0.717, 1.165) is 23.7 Å². The number of allylic oxidation sites excluding steroid dienone is 1. The van der Waals surface area contributed by atoms with E-state index in [0.29, 0.717) is 0 Å². The van der Waals surface area contributed by atoms with Crippen molar-refractivity contribution < 1.29 is 0 Å². The Labute approximate surface area is 132 Å². The van der Waals surface area contributed by atoms with Crippen molar-refractivity contribution in [2.75, 3.05) is 0 Å². The molecule has 0 heterocycles. The van der Waals surface area contributed by atoms with Crippen molar-refractivity contribution in [2.45, 2.75) is 57.3 Å². The average Bonchev–Trinajstić information content (AvgIpc) is 2.53. The fourth-order valence-electron chi connectivity index (χ4n) is 4.67. The van der Waals surface area contributed by atoms with Crippen molar-refractivity contribution >= 4 is 14.5 Å². The van der Waals surface area contributed by atoms with Crippen LogP contribution in [0.5, 0.6) is 0 Å². The van der Waals surface area contributed by atoms with Gasteiger partial charge in [0, 0.05) is 0 Å². The van der Waals surface area contributed by atoms with Gasteiger partial charge in [-0.3, -0.25) is 0 Å². The summed E-state index contributed by atoms with van der Waals surface area (Å²) in [5.41, 5.74) is 1.58. The van der Waals surface area contributed by atoms with Crippen molar-refractivity contribution in [2.24, 2.45) is 17.8 Å². The Hall–Kier alpha value is -0.610. The van der Waals surface area contributed by atoms with Gasteiger partial charge in [-0.1, -0.05) is 36.8 Å². The van der Waals surface area contributed by atoms with Gasteiger partial charge in [0.25, 0.3) is 0 Å². The second kappa shape index (κ2) is 7.10. The number of fused-ring (bicyclic) bond motifs is 1. The van der Waals surface area contributed by atoms with Crippen LogP contribution in [0.2, 0.25) is 0 Å². The lowest BCUT2D eigenvalue weighted by atomic mass is 9.63. The Morgan fingerprint density at radius 2 is 1.71 bits per heavy atom. The van der Waals surface area contributed by atoms with Crippen LogP contribution in [-0.4, -0.2) is 0 Å². The van der Waals surface area contributed by atoms with Crippen molar-refractivity contribution in [3.05, 3.63) is 42.5 Å². The average molecular weight is 300 g/mol. The van der Waals surface area contributed by atoms with Gasteiger partial charge >= 0.3 is 0 Å². The van der Waals surface area contributed by atoms with Gasteiger partial charge in [-0.15, -0.1) is 15.8 Å². The fraction of sp³-hybridized carbons (Fsp3) is 0.600. The molecule has 0 saturated heterocycles. The van der Waals surface area contributed by atoms with E-state index in [2.05, 4.69) is 46.2 Å². The van der Waals surface area contributed by atoms with Gasteiger partial charge in [-0.25, -0.2) is 0 Å². The lowest BCUT2D eigenvalue weighted by Crippen LogP contribution is -2.30. The zero-order valence-electron chi connectivity index (χ0n) is 13.1. The second-order valence-corrected chi connectivity index (χ2v) is 7.91. The summed E-state index contributed by atoms with van der Waals surface area (Å²) in [4.78, 5) is 0. The van der Waals surface area contributed by atoms with Crippen LogP contribution in [0.1, 0.15) is 62.8 Å². The zero-order valence-corrected chi connectivity index (χ0v) is 14.3. The molecule has 2 aliphatic carbocycles. The van der Waals surface area contributed by atoms with Crippen molar-refractivity contribution in [1.82, 2.24) is 0 Å². The van der Waals surface area contributed by atoms with Gasteiger partial charge in [0.05, 0.1) is 0 Å². The van der Waals surface area contributed by atoms with Crippen LogP contribution in [0.4, 0.5) is 0 Å². The largest absolute Gasteiger partial charge is 0.106 e. The van der Waals surface area contributed by atoms with Crippen LogP contribution in [0, 0.1) is 17.8 Å². The number of benzene rings is 1. The highest BCUT2D eigenvalue weighted by Gasteiger charge is 2.35. The highest BCUT2D eigenvalue weighted by atomic mass is 31.0. The van der Waals surface area contributed by atoms with E-state index in [9.17, 15) is 0 Å². The van der Waals surface area contributed by atoms with Gasteiger partial charge in [0.2, 0.25) is 0 Å². The summed E-state index contributed by atoms with van der Waals surface area (Å²) < 4.78 is 0. The maximum atomic E-state index is 3.87. The number of hydrogen-bond acceptors (Lipinski definition) is 0. The quantitative estimate of drug-likeness (QED) is 0.512. The van der Waals surface area contributed by atoms with Crippen molar-refractivity contribution in [3.63, 3.8) is 0 Å². The molecular formula is C20H29P. The molecular weight excluding hydrogens is 271 g/mol. The zero-order chi connectivity index (χ0) is 14.7. The van der Waals surface area contributed by atoms with Crippen molar-refractivity contribution in [3.8, 4) is 0 Å². The van der Waals surface area contributed by atoms with Crippen LogP contribution in [0.3, 0.4) is 0 Å². The Morgan fingerprint density at radius 3 is 2.48 bits per heavy atom. The molecule has 0 bridgehead atoms. The highest BCUT2D eigenvalue weighted by Crippen LogP contribution is 2.48. The van der Waals surface area contributed by atoms with Crippen molar-refractivity contribution in [1.29, 1.82) is 0 Å². The molecule has 21 heavy (non-hydrogen) atoms. The summed E-state index contributed by atoms with van der Waals surface area (Å²) in [5.74, 6) is 3.82. The molecule has 1 aromatic carbocycles. The molecule has 0 nitrogen and oxygen atoms in total. The monoisotopic (exact) mass is 300 g/mol. The summed E-state index contributed by atoms with van der Waals surface area (Å²) in [6.07, 6.45) is 13.4. The van der Waals surface area contributed by atoms with E-state index < -0.39 is 0 Å².